The van der Waals surface area contributed by atoms with Crippen LogP contribution in [0.4, 0.5) is 0 Å². The molecule has 0 unspecified atom stereocenters. The van der Waals surface area contributed by atoms with Gasteiger partial charge in [0.2, 0.25) is 11.8 Å². The molecule has 0 rings (SSSR count). The largest absolute Gasteiger partial charge is 0.480 e. The number of amides is 2. The Morgan fingerprint density at radius 2 is 1.76 bits per heavy atom. The number of aliphatic hydroxyl groups is 2. The molecule has 12 nitrogen and oxygen atoms in total. The molecule has 0 bridgehead atoms. The molecule has 0 heterocycles. The summed E-state index contributed by atoms with van der Waals surface area (Å²) >= 11 is 0. The Bertz CT molecular complexity index is 493. The molecule has 0 saturated heterocycles. The van der Waals surface area contributed by atoms with Crippen molar-refractivity contribution in [3.8, 4) is 0 Å². The Hall–Kier alpha value is -2.44. The van der Waals surface area contributed by atoms with E-state index in [9.17, 15) is 19.5 Å². The van der Waals surface area contributed by atoms with Crippen LogP contribution in [0.15, 0.2) is 4.99 Å². The summed E-state index contributed by atoms with van der Waals surface area (Å²) in [6.45, 7) is 0.763. The number of aliphatic imine (C=N–C) groups is 1. The average molecular weight is 362 g/mol. The van der Waals surface area contributed by atoms with Gasteiger partial charge >= 0.3 is 5.97 Å². The van der Waals surface area contributed by atoms with Crippen LogP contribution >= 0.6 is 0 Å². The summed E-state index contributed by atoms with van der Waals surface area (Å²) in [7, 11) is 0. The molecule has 11 N–H and O–H groups in total. The van der Waals surface area contributed by atoms with Crippen molar-refractivity contribution in [2.75, 3.05) is 13.2 Å². The normalized spacial score (nSPS) is 15.4. The Morgan fingerprint density at radius 3 is 2.20 bits per heavy atom. The lowest BCUT2D eigenvalue weighted by molar-refractivity contribution is -0.145. The van der Waals surface area contributed by atoms with Gasteiger partial charge in [-0.2, -0.15) is 0 Å². The molecule has 0 fully saturated rings. The summed E-state index contributed by atoms with van der Waals surface area (Å²) in [5.74, 6) is -3.17. The lowest BCUT2D eigenvalue weighted by Crippen LogP contribution is -2.57. The zero-order valence-electron chi connectivity index (χ0n) is 13.9. The van der Waals surface area contributed by atoms with E-state index in [4.69, 9.17) is 27.4 Å². The zero-order chi connectivity index (χ0) is 19.6. The maximum absolute atomic E-state index is 12.2. The summed E-state index contributed by atoms with van der Waals surface area (Å²) in [5, 5.41) is 31.7. The van der Waals surface area contributed by atoms with Crippen LogP contribution in [0.25, 0.3) is 0 Å². The number of nitrogens with two attached hydrogens (primary N) is 3. The van der Waals surface area contributed by atoms with Gasteiger partial charge in [0.15, 0.2) is 12.0 Å². The van der Waals surface area contributed by atoms with Gasteiger partial charge in [-0.1, -0.05) is 0 Å². The summed E-state index contributed by atoms with van der Waals surface area (Å²) in [6, 6.07) is -3.92. The third kappa shape index (κ3) is 8.83. The van der Waals surface area contributed by atoms with E-state index in [1.807, 2.05) is 0 Å². The second kappa shape index (κ2) is 11.2. The molecule has 2 amide bonds. The van der Waals surface area contributed by atoms with Crippen LogP contribution in [0.2, 0.25) is 0 Å². The van der Waals surface area contributed by atoms with Crippen LogP contribution < -0.4 is 27.8 Å². The lowest BCUT2D eigenvalue weighted by atomic mass is 10.1. The van der Waals surface area contributed by atoms with E-state index in [1.54, 1.807) is 0 Å². The Balaban J connectivity index is 5.01. The second-order valence-corrected chi connectivity index (χ2v) is 5.36. The molecular formula is C13H26N6O6. The number of carboxylic acids is 1. The first kappa shape index (κ1) is 22.6. The third-order valence-corrected chi connectivity index (χ3v) is 3.16. The highest BCUT2D eigenvalue weighted by molar-refractivity contribution is 5.91. The van der Waals surface area contributed by atoms with Gasteiger partial charge in [-0.3, -0.25) is 14.6 Å². The van der Waals surface area contributed by atoms with Crippen LogP contribution in [0.1, 0.15) is 19.8 Å². The van der Waals surface area contributed by atoms with Gasteiger partial charge < -0.3 is 43.2 Å². The van der Waals surface area contributed by atoms with Gasteiger partial charge in [-0.15, -0.1) is 0 Å². The highest BCUT2D eigenvalue weighted by atomic mass is 16.4. The molecule has 144 valence electrons. The smallest absolute Gasteiger partial charge is 0.328 e. The highest BCUT2D eigenvalue weighted by Gasteiger charge is 2.30. The molecule has 0 aliphatic heterocycles. The van der Waals surface area contributed by atoms with E-state index < -0.39 is 48.6 Å². The molecule has 0 aliphatic carbocycles. The molecule has 25 heavy (non-hydrogen) atoms. The van der Waals surface area contributed by atoms with Crippen molar-refractivity contribution >= 4 is 23.7 Å². The SMILES string of the molecule is C[C@@H](O)[C@H](NC(=O)[C@H](CCCN=C(N)N)NC(=O)[C@@H](N)CO)C(=O)O. The minimum atomic E-state index is -1.55. The second-order valence-electron chi connectivity index (χ2n) is 5.36. The van der Waals surface area contributed by atoms with Crippen LogP contribution in [-0.4, -0.2) is 76.4 Å². The molecule has 0 saturated carbocycles. The Labute approximate surface area is 144 Å². The first-order valence-electron chi connectivity index (χ1n) is 7.53. The van der Waals surface area contributed by atoms with Crippen molar-refractivity contribution in [3.05, 3.63) is 0 Å². The van der Waals surface area contributed by atoms with Crippen LogP contribution in [0.5, 0.6) is 0 Å². The standard InChI is InChI=1S/C13H26N6O6/c1-6(21)9(12(24)25)19-11(23)8(3-2-4-17-13(15)16)18-10(22)7(14)5-20/h6-9,20-21H,2-5,14H2,1H3,(H,18,22)(H,19,23)(H,24,25)(H4,15,16,17)/t6-,7+,8+,9+/m1/s1. The Morgan fingerprint density at radius 1 is 1.16 bits per heavy atom. The number of aliphatic carboxylic acids is 1. The molecule has 0 aliphatic rings. The molecule has 0 radical (unpaired) electrons. The van der Waals surface area contributed by atoms with Crippen LogP contribution in [0, 0.1) is 0 Å². The predicted octanol–water partition coefficient (Wildman–Crippen LogP) is -4.21. The number of hydrogen-bond donors (Lipinski definition) is 8. The van der Waals surface area contributed by atoms with Gasteiger partial charge in [0, 0.05) is 6.54 Å². The monoisotopic (exact) mass is 362 g/mol. The molecule has 0 aromatic heterocycles. The number of hydrogen-bond acceptors (Lipinski definition) is 7. The van der Waals surface area contributed by atoms with Crippen molar-refractivity contribution in [3.63, 3.8) is 0 Å². The van der Waals surface area contributed by atoms with E-state index >= 15 is 0 Å². The fraction of sp³-hybridized carbons (Fsp3) is 0.692. The maximum atomic E-state index is 12.2. The number of rotatable bonds is 11. The first-order chi connectivity index (χ1) is 11.6. The van der Waals surface area contributed by atoms with E-state index in [2.05, 4.69) is 15.6 Å². The Kier molecular flexibility index (Phi) is 10.1. The van der Waals surface area contributed by atoms with E-state index in [0.29, 0.717) is 6.42 Å². The molecule has 0 aromatic rings. The van der Waals surface area contributed by atoms with Gasteiger partial charge in [0.1, 0.15) is 12.1 Å². The summed E-state index contributed by atoms with van der Waals surface area (Å²) < 4.78 is 0. The zero-order valence-corrected chi connectivity index (χ0v) is 13.9. The quantitative estimate of drug-likeness (QED) is 0.101. The van der Waals surface area contributed by atoms with E-state index in [-0.39, 0.29) is 18.9 Å². The molecule has 4 atom stereocenters. The van der Waals surface area contributed by atoms with Crippen LogP contribution in [-0.2, 0) is 14.4 Å². The topological polar surface area (TPSA) is 226 Å². The molecule has 12 heteroatoms. The van der Waals surface area contributed by atoms with E-state index in [1.165, 1.54) is 6.92 Å². The highest BCUT2D eigenvalue weighted by Crippen LogP contribution is 2.02. The predicted molar refractivity (Wildman–Crippen MR) is 88.2 cm³/mol. The van der Waals surface area contributed by atoms with Crippen molar-refractivity contribution in [2.45, 2.75) is 44.0 Å². The number of guanidine groups is 1. The van der Waals surface area contributed by atoms with Crippen molar-refractivity contribution in [2.24, 2.45) is 22.2 Å². The number of carboxylic acid groups (broad SMARTS) is 1. The van der Waals surface area contributed by atoms with Gasteiger partial charge in [-0.05, 0) is 19.8 Å². The number of nitrogens with zero attached hydrogens (tertiary/aromatic N) is 1. The lowest BCUT2D eigenvalue weighted by Gasteiger charge is -2.23. The minimum absolute atomic E-state index is 0.0820. The molecule has 0 aromatic carbocycles. The minimum Gasteiger partial charge on any atom is -0.480 e. The fourth-order valence-electron chi connectivity index (χ4n) is 1.78. The summed E-state index contributed by atoms with van der Waals surface area (Å²) in [4.78, 5) is 38.8. The maximum Gasteiger partial charge on any atom is 0.328 e. The van der Waals surface area contributed by atoms with Crippen molar-refractivity contribution < 1.29 is 29.7 Å². The van der Waals surface area contributed by atoms with Crippen molar-refractivity contribution in [1.82, 2.24) is 10.6 Å². The van der Waals surface area contributed by atoms with Gasteiger partial charge in [-0.25, -0.2) is 4.79 Å². The molecular weight excluding hydrogens is 336 g/mol. The average Bonchev–Trinajstić information content (AvgIpc) is 2.53. The third-order valence-electron chi connectivity index (χ3n) is 3.16. The number of nitrogens with one attached hydrogen (secondary N) is 2. The number of carbonyl (C=O) groups is 3. The van der Waals surface area contributed by atoms with E-state index in [0.717, 1.165) is 0 Å². The first-order valence-corrected chi connectivity index (χ1v) is 7.53. The number of carbonyl (C=O) groups excluding carboxylic acids is 2. The van der Waals surface area contributed by atoms with Gasteiger partial charge in [0.25, 0.3) is 0 Å². The van der Waals surface area contributed by atoms with Crippen LogP contribution in [0.3, 0.4) is 0 Å². The summed E-state index contributed by atoms with van der Waals surface area (Å²) in [6.07, 6.45) is -0.963. The van der Waals surface area contributed by atoms with Gasteiger partial charge in [0.05, 0.1) is 12.7 Å². The summed E-state index contributed by atoms with van der Waals surface area (Å²) in [5.41, 5.74) is 15.7. The van der Waals surface area contributed by atoms with Crippen molar-refractivity contribution in [1.29, 1.82) is 0 Å². The number of aliphatic hydroxyl groups excluding tert-OH is 2. The molecule has 0 spiro atoms. The fourth-order valence-corrected chi connectivity index (χ4v) is 1.78.